The summed E-state index contributed by atoms with van der Waals surface area (Å²) in [4.78, 5) is 11.9. The number of para-hydroxylation sites is 1. The number of nitrogens with one attached hydrogen (secondary N) is 1. The smallest absolute Gasteiger partial charge is 0.229 e. The van der Waals surface area contributed by atoms with Gasteiger partial charge in [0.15, 0.2) is 0 Å². The van der Waals surface area contributed by atoms with Crippen molar-refractivity contribution in [3.8, 4) is 5.75 Å². The number of carbonyl (C=O) groups is 1. The predicted octanol–water partition coefficient (Wildman–Crippen LogP) is 2.61. The second-order valence-electron chi connectivity index (χ2n) is 5.10. The minimum atomic E-state index is -0.388. The van der Waals surface area contributed by atoms with E-state index in [0.29, 0.717) is 6.61 Å². The summed E-state index contributed by atoms with van der Waals surface area (Å²) in [5.74, 6) is 0.844. The lowest BCUT2D eigenvalue weighted by molar-refractivity contribution is -0.123. The fraction of sp³-hybridized carbons (Fsp3) is 0.462. The molecule has 0 radical (unpaired) electrons. The van der Waals surface area contributed by atoms with Crippen LogP contribution in [0.5, 0.6) is 5.75 Å². The molecule has 0 atom stereocenters. The predicted molar refractivity (Wildman–Crippen MR) is 63.7 cm³/mol. The van der Waals surface area contributed by atoms with Crippen LogP contribution in [-0.4, -0.2) is 12.5 Å². The lowest BCUT2D eigenvalue weighted by atomic mass is 9.95. The van der Waals surface area contributed by atoms with E-state index in [2.05, 4.69) is 5.32 Å². The molecule has 1 heterocycles. The van der Waals surface area contributed by atoms with Crippen molar-refractivity contribution in [2.45, 2.75) is 27.2 Å². The van der Waals surface area contributed by atoms with E-state index in [4.69, 9.17) is 4.74 Å². The summed E-state index contributed by atoms with van der Waals surface area (Å²) in [5.41, 5.74) is 1.57. The molecule has 3 heteroatoms. The first-order valence-electron chi connectivity index (χ1n) is 5.54. The number of anilines is 1. The van der Waals surface area contributed by atoms with Crippen molar-refractivity contribution in [1.29, 1.82) is 0 Å². The van der Waals surface area contributed by atoms with Crippen molar-refractivity contribution in [3.63, 3.8) is 0 Å². The zero-order valence-corrected chi connectivity index (χ0v) is 9.96. The Morgan fingerprint density at radius 2 is 2.12 bits per heavy atom. The van der Waals surface area contributed by atoms with Gasteiger partial charge in [-0.15, -0.1) is 0 Å². The van der Waals surface area contributed by atoms with Gasteiger partial charge in [0.25, 0.3) is 0 Å². The average molecular weight is 219 g/mol. The normalized spacial score (nSPS) is 14.2. The molecule has 86 valence electrons. The largest absolute Gasteiger partial charge is 0.491 e. The highest BCUT2D eigenvalue weighted by Gasteiger charge is 2.24. The number of carbonyl (C=O) groups excluding carboxylic acids is 1. The Bertz CT molecular complexity index is 418. The van der Waals surface area contributed by atoms with E-state index in [-0.39, 0.29) is 11.3 Å². The van der Waals surface area contributed by atoms with E-state index in [1.807, 2.05) is 39.0 Å². The minimum absolute atomic E-state index is 0.0106. The molecule has 1 aliphatic heterocycles. The van der Waals surface area contributed by atoms with Crippen LogP contribution in [0.15, 0.2) is 18.2 Å². The molecule has 0 saturated carbocycles. The molecular weight excluding hydrogens is 202 g/mol. The maximum absolute atomic E-state index is 11.9. The molecule has 1 aromatic carbocycles. The SMILES string of the molecule is CC(C)(C)C(=O)Nc1cccc2c1OCC2. The molecule has 16 heavy (non-hydrogen) atoms. The van der Waals surface area contributed by atoms with Crippen LogP contribution in [0.3, 0.4) is 0 Å². The molecule has 1 N–H and O–H groups in total. The molecule has 0 spiro atoms. The Hall–Kier alpha value is -1.51. The molecule has 0 unspecified atom stereocenters. The van der Waals surface area contributed by atoms with Crippen LogP contribution in [0, 0.1) is 5.41 Å². The standard InChI is InChI=1S/C13H17NO2/c1-13(2,3)12(15)14-10-6-4-5-9-7-8-16-11(9)10/h4-6H,7-8H2,1-3H3,(H,14,15). The van der Waals surface area contributed by atoms with Gasteiger partial charge in [-0.25, -0.2) is 0 Å². The number of hydrogen-bond acceptors (Lipinski definition) is 2. The maximum atomic E-state index is 11.9. The third-order valence-electron chi connectivity index (χ3n) is 2.64. The molecule has 0 aliphatic carbocycles. The van der Waals surface area contributed by atoms with Gasteiger partial charge >= 0.3 is 0 Å². The molecular formula is C13H17NO2. The van der Waals surface area contributed by atoms with Gasteiger partial charge in [-0.05, 0) is 11.6 Å². The van der Waals surface area contributed by atoms with Crippen LogP contribution < -0.4 is 10.1 Å². The van der Waals surface area contributed by atoms with Crippen molar-refractivity contribution in [1.82, 2.24) is 0 Å². The van der Waals surface area contributed by atoms with E-state index in [9.17, 15) is 4.79 Å². The van der Waals surface area contributed by atoms with E-state index < -0.39 is 0 Å². The van der Waals surface area contributed by atoms with Gasteiger partial charge in [0, 0.05) is 11.8 Å². The highest BCUT2D eigenvalue weighted by molar-refractivity contribution is 5.96. The van der Waals surface area contributed by atoms with Crippen LogP contribution in [0.25, 0.3) is 0 Å². The summed E-state index contributed by atoms with van der Waals surface area (Å²) in [6, 6.07) is 5.87. The minimum Gasteiger partial charge on any atom is -0.491 e. The summed E-state index contributed by atoms with van der Waals surface area (Å²) >= 11 is 0. The van der Waals surface area contributed by atoms with Gasteiger partial charge in [-0.1, -0.05) is 32.9 Å². The zero-order chi connectivity index (χ0) is 11.8. The molecule has 1 aliphatic rings. The van der Waals surface area contributed by atoms with Gasteiger partial charge in [-0.3, -0.25) is 4.79 Å². The molecule has 0 saturated heterocycles. The van der Waals surface area contributed by atoms with Gasteiger partial charge in [0.2, 0.25) is 5.91 Å². The molecule has 1 aromatic rings. The van der Waals surface area contributed by atoms with Crippen LogP contribution >= 0.6 is 0 Å². The van der Waals surface area contributed by atoms with Crippen molar-refractivity contribution >= 4 is 11.6 Å². The number of fused-ring (bicyclic) bond motifs is 1. The Balaban J connectivity index is 2.23. The second kappa shape index (κ2) is 3.81. The van der Waals surface area contributed by atoms with Crippen LogP contribution in [0.2, 0.25) is 0 Å². The third-order valence-corrected chi connectivity index (χ3v) is 2.64. The Labute approximate surface area is 95.8 Å². The first-order valence-corrected chi connectivity index (χ1v) is 5.54. The number of amides is 1. The van der Waals surface area contributed by atoms with Crippen molar-refractivity contribution in [2.24, 2.45) is 5.41 Å². The molecule has 0 aromatic heterocycles. The van der Waals surface area contributed by atoms with Crippen LogP contribution in [0.4, 0.5) is 5.69 Å². The van der Waals surface area contributed by atoms with Gasteiger partial charge < -0.3 is 10.1 Å². The van der Waals surface area contributed by atoms with Gasteiger partial charge in [0.1, 0.15) is 5.75 Å². The Morgan fingerprint density at radius 3 is 2.81 bits per heavy atom. The lowest BCUT2D eigenvalue weighted by Crippen LogP contribution is -2.27. The topological polar surface area (TPSA) is 38.3 Å². The maximum Gasteiger partial charge on any atom is 0.229 e. The Morgan fingerprint density at radius 1 is 1.38 bits per heavy atom. The molecule has 3 nitrogen and oxygen atoms in total. The van der Waals surface area contributed by atoms with E-state index in [0.717, 1.165) is 17.9 Å². The first kappa shape index (κ1) is 11.0. The molecule has 0 bridgehead atoms. The number of hydrogen-bond donors (Lipinski definition) is 1. The van der Waals surface area contributed by atoms with Crippen molar-refractivity contribution in [2.75, 3.05) is 11.9 Å². The molecule has 1 amide bonds. The van der Waals surface area contributed by atoms with Crippen LogP contribution in [0.1, 0.15) is 26.3 Å². The van der Waals surface area contributed by atoms with Crippen molar-refractivity contribution in [3.05, 3.63) is 23.8 Å². The van der Waals surface area contributed by atoms with Crippen molar-refractivity contribution < 1.29 is 9.53 Å². The van der Waals surface area contributed by atoms with E-state index in [1.54, 1.807) is 0 Å². The number of ether oxygens (including phenoxy) is 1. The number of rotatable bonds is 1. The highest BCUT2D eigenvalue weighted by atomic mass is 16.5. The summed E-state index contributed by atoms with van der Waals surface area (Å²) in [7, 11) is 0. The lowest BCUT2D eigenvalue weighted by Gasteiger charge is -2.18. The van der Waals surface area contributed by atoms with Gasteiger partial charge in [-0.2, -0.15) is 0 Å². The molecule has 0 fully saturated rings. The average Bonchev–Trinajstić information content (AvgIpc) is 2.65. The molecule has 2 rings (SSSR count). The second-order valence-corrected chi connectivity index (χ2v) is 5.10. The van der Waals surface area contributed by atoms with E-state index >= 15 is 0 Å². The summed E-state index contributed by atoms with van der Waals surface area (Å²) in [5, 5.41) is 2.92. The van der Waals surface area contributed by atoms with Gasteiger partial charge in [0.05, 0.1) is 12.3 Å². The Kier molecular flexibility index (Phi) is 2.62. The summed E-state index contributed by atoms with van der Waals surface area (Å²) in [6.07, 6.45) is 0.925. The zero-order valence-electron chi connectivity index (χ0n) is 9.96. The highest BCUT2D eigenvalue weighted by Crippen LogP contribution is 2.34. The fourth-order valence-electron chi connectivity index (χ4n) is 1.62. The monoisotopic (exact) mass is 219 g/mol. The summed E-state index contributed by atoms with van der Waals surface area (Å²) in [6.45, 7) is 6.39. The van der Waals surface area contributed by atoms with Crippen LogP contribution in [-0.2, 0) is 11.2 Å². The van der Waals surface area contributed by atoms with E-state index in [1.165, 1.54) is 5.56 Å². The third kappa shape index (κ3) is 2.03. The summed E-state index contributed by atoms with van der Waals surface area (Å²) < 4.78 is 5.53. The first-order chi connectivity index (χ1) is 7.48. The number of benzene rings is 1. The quantitative estimate of drug-likeness (QED) is 0.788. The fourth-order valence-corrected chi connectivity index (χ4v) is 1.62.